The van der Waals surface area contributed by atoms with E-state index >= 15 is 0 Å². The normalized spacial score (nSPS) is 18.2. The average molecular weight is 723 g/mol. The maximum absolute atomic E-state index is 13.8. The van der Waals surface area contributed by atoms with Gasteiger partial charge in [-0.05, 0) is 71.0 Å². The van der Waals surface area contributed by atoms with Gasteiger partial charge in [0.05, 0.1) is 62.0 Å². The highest BCUT2D eigenvalue weighted by Crippen LogP contribution is 2.41. The summed E-state index contributed by atoms with van der Waals surface area (Å²) < 4.78 is 23.3. The Labute approximate surface area is 315 Å². The Bertz CT molecular complexity index is 2240. The Balaban J connectivity index is 0.893. The number of hydrogen-bond acceptors (Lipinski definition) is 8. The third-order valence-corrected chi connectivity index (χ3v) is 10.4. The summed E-state index contributed by atoms with van der Waals surface area (Å²) in [4.78, 5) is 40.4. The molecule has 4 aromatic rings. The number of aryl methyl sites for hydroxylation is 2. The SMILES string of the molecule is CCc1ccc(C2=CN3C(=O)c4cc(OC)c(OCCCOc5cc6c(cc5C)C(=O)N5C=C(c7ccc(OC)cc7)CC5C=N6)cc4N=CC3C2)cc1. The summed E-state index contributed by atoms with van der Waals surface area (Å²) in [5, 5.41) is 0. The topological polar surface area (TPSA) is 102 Å². The van der Waals surface area contributed by atoms with Gasteiger partial charge in [0.1, 0.15) is 11.5 Å². The predicted molar refractivity (Wildman–Crippen MR) is 210 cm³/mol. The molecule has 8 rings (SSSR count). The third-order valence-electron chi connectivity index (χ3n) is 10.4. The Morgan fingerprint density at radius 3 is 1.76 bits per heavy atom. The second kappa shape index (κ2) is 14.7. The quantitative estimate of drug-likeness (QED) is 0.144. The molecule has 0 bridgehead atoms. The molecule has 274 valence electrons. The summed E-state index contributed by atoms with van der Waals surface area (Å²) in [6.45, 7) is 4.81. The van der Waals surface area contributed by atoms with Gasteiger partial charge in [0, 0.05) is 56.2 Å². The van der Waals surface area contributed by atoms with E-state index in [9.17, 15) is 9.59 Å². The monoisotopic (exact) mass is 722 g/mol. The van der Waals surface area contributed by atoms with Gasteiger partial charge in [-0.1, -0.05) is 43.3 Å². The first-order valence-corrected chi connectivity index (χ1v) is 18.3. The van der Waals surface area contributed by atoms with Crippen LogP contribution in [0.4, 0.5) is 11.4 Å². The van der Waals surface area contributed by atoms with Crippen LogP contribution in [0.5, 0.6) is 23.0 Å². The summed E-state index contributed by atoms with van der Waals surface area (Å²) in [5.74, 6) is 2.23. The molecule has 2 atom stereocenters. The minimum Gasteiger partial charge on any atom is -0.497 e. The molecule has 0 spiro atoms. The molecule has 2 amide bonds. The molecule has 10 heteroatoms. The van der Waals surface area contributed by atoms with Crippen LogP contribution >= 0.6 is 0 Å². The molecule has 10 nitrogen and oxygen atoms in total. The first-order valence-electron chi connectivity index (χ1n) is 18.3. The van der Waals surface area contributed by atoms with Crippen molar-refractivity contribution < 1.29 is 28.5 Å². The number of rotatable bonds is 11. The van der Waals surface area contributed by atoms with Crippen molar-refractivity contribution in [2.45, 2.75) is 51.6 Å². The van der Waals surface area contributed by atoms with Gasteiger partial charge in [-0.25, -0.2) is 0 Å². The van der Waals surface area contributed by atoms with Crippen molar-refractivity contribution in [3.8, 4) is 23.0 Å². The fraction of sp³-hybridized carbons (Fsp3) is 0.273. The number of aliphatic imine (C=N–C) groups is 2. The van der Waals surface area contributed by atoms with Crippen molar-refractivity contribution >= 4 is 46.8 Å². The maximum Gasteiger partial charge on any atom is 0.260 e. The van der Waals surface area contributed by atoms with Crippen molar-refractivity contribution in [1.82, 2.24) is 9.80 Å². The van der Waals surface area contributed by atoms with Crippen LogP contribution in [0.2, 0.25) is 0 Å². The van der Waals surface area contributed by atoms with Crippen molar-refractivity contribution in [1.29, 1.82) is 0 Å². The molecule has 4 heterocycles. The zero-order valence-corrected chi connectivity index (χ0v) is 30.9. The van der Waals surface area contributed by atoms with Crippen LogP contribution < -0.4 is 18.9 Å². The van der Waals surface area contributed by atoms with Crippen molar-refractivity contribution in [3.63, 3.8) is 0 Å². The number of amides is 2. The van der Waals surface area contributed by atoms with Crippen LogP contribution in [0.3, 0.4) is 0 Å². The van der Waals surface area contributed by atoms with E-state index in [4.69, 9.17) is 28.9 Å². The largest absolute Gasteiger partial charge is 0.497 e. The van der Waals surface area contributed by atoms with Gasteiger partial charge >= 0.3 is 0 Å². The van der Waals surface area contributed by atoms with E-state index in [1.165, 1.54) is 5.56 Å². The lowest BCUT2D eigenvalue weighted by molar-refractivity contribution is 0.0809. The van der Waals surface area contributed by atoms with E-state index < -0.39 is 0 Å². The Hall–Kier alpha value is -6.16. The summed E-state index contributed by atoms with van der Waals surface area (Å²) in [7, 11) is 3.21. The molecule has 0 aromatic heterocycles. The molecule has 4 aliphatic rings. The number of carbonyl (C=O) groups excluding carboxylic acids is 2. The molecule has 2 unspecified atom stereocenters. The smallest absolute Gasteiger partial charge is 0.260 e. The number of ether oxygens (including phenoxy) is 4. The Kier molecular flexibility index (Phi) is 9.50. The Morgan fingerprint density at radius 1 is 0.667 bits per heavy atom. The van der Waals surface area contributed by atoms with Crippen LogP contribution in [0.1, 0.15) is 69.2 Å². The van der Waals surface area contributed by atoms with Crippen molar-refractivity contribution in [3.05, 3.63) is 119 Å². The van der Waals surface area contributed by atoms with Crippen LogP contribution in [0.15, 0.2) is 95.2 Å². The lowest BCUT2D eigenvalue weighted by Gasteiger charge is -2.19. The van der Waals surface area contributed by atoms with Crippen LogP contribution in [0.25, 0.3) is 11.1 Å². The second-order valence-corrected chi connectivity index (χ2v) is 13.8. The zero-order valence-electron chi connectivity index (χ0n) is 30.9. The average Bonchev–Trinajstić information content (AvgIpc) is 3.78. The molecular formula is C44H42N4O6. The lowest BCUT2D eigenvalue weighted by Crippen LogP contribution is -2.32. The van der Waals surface area contributed by atoms with Crippen LogP contribution in [-0.4, -0.2) is 73.6 Å². The van der Waals surface area contributed by atoms with Gasteiger partial charge in [-0.2, -0.15) is 0 Å². The summed E-state index contributed by atoms with van der Waals surface area (Å²) in [6, 6.07) is 23.2. The van der Waals surface area contributed by atoms with E-state index in [2.05, 4.69) is 31.2 Å². The molecule has 0 saturated carbocycles. The summed E-state index contributed by atoms with van der Waals surface area (Å²) in [6.07, 6.45) is 10.5. The van der Waals surface area contributed by atoms with E-state index in [-0.39, 0.29) is 23.9 Å². The number of benzene rings is 4. The molecule has 0 saturated heterocycles. The molecule has 4 aromatic carbocycles. The summed E-state index contributed by atoms with van der Waals surface area (Å²) >= 11 is 0. The fourth-order valence-electron chi connectivity index (χ4n) is 7.34. The van der Waals surface area contributed by atoms with E-state index in [0.29, 0.717) is 72.2 Å². The maximum atomic E-state index is 13.8. The van der Waals surface area contributed by atoms with Crippen LogP contribution in [-0.2, 0) is 6.42 Å². The molecule has 0 fully saturated rings. The van der Waals surface area contributed by atoms with Gasteiger partial charge in [-0.3, -0.25) is 19.6 Å². The van der Waals surface area contributed by atoms with Gasteiger partial charge in [0.15, 0.2) is 11.5 Å². The minimum absolute atomic E-state index is 0.0842. The first-order chi connectivity index (χ1) is 26.3. The lowest BCUT2D eigenvalue weighted by atomic mass is 10.0. The van der Waals surface area contributed by atoms with E-state index in [0.717, 1.165) is 40.0 Å². The molecule has 0 N–H and O–H groups in total. The molecule has 0 radical (unpaired) electrons. The zero-order chi connectivity index (χ0) is 37.3. The number of methoxy groups -OCH3 is 2. The fourth-order valence-corrected chi connectivity index (χ4v) is 7.34. The number of carbonyl (C=O) groups is 2. The highest BCUT2D eigenvalue weighted by molar-refractivity contribution is 6.06. The van der Waals surface area contributed by atoms with E-state index in [1.54, 1.807) is 36.2 Å². The number of fused-ring (bicyclic) bond motifs is 4. The second-order valence-electron chi connectivity index (χ2n) is 13.8. The van der Waals surface area contributed by atoms with Gasteiger partial charge in [0.2, 0.25) is 0 Å². The minimum atomic E-state index is -0.162. The predicted octanol–water partition coefficient (Wildman–Crippen LogP) is 8.37. The number of nitrogens with zero attached hydrogens (tertiary/aromatic N) is 4. The highest BCUT2D eigenvalue weighted by Gasteiger charge is 2.35. The third kappa shape index (κ3) is 6.64. The summed E-state index contributed by atoms with van der Waals surface area (Å²) in [5.41, 5.74) is 8.64. The van der Waals surface area contributed by atoms with Gasteiger partial charge < -0.3 is 28.7 Å². The van der Waals surface area contributed by atoms with Gasteiger partial charge in [-0.15, -0.1) is 0 Å². The van der Waals surface area contributed by atoms with Gasteiger partial charge in [0.25, 0.3) is 11.8 Å². The standard InChI is InChI=1S/C44H42N4O6/c1-5-28-7-9-29(10-8-28)31-18-34-24-46-39-22-42(41(52-4)20-37(39)44(50)48(34)25-31)54-16-6-15-53-40-21-38-36(17-27(40)2)43(49)47-26-32(19-33(47)23-45-38)30-11-13-35(51-3)14-12-30/h7-14,17,20-26,33-34H,5-6,15-16,18-19H2,1-4H3. The number of hydrogen-bond donors (Lipinski definition) is 0. The molecular weight excluding hydrogens is 681 g/mol. The molecule has 54 heavy (non-hydrogen) atoms. The van der Waals surface area contributed by atoms with Crippen molar-refractivity contribution in [2.75, 3.05) is 27.4 Å². The first kappa shape index (κ1) is 34.9. The molecule has 0 aliphatic carbocycles. The van der Waals surface area contributed by atoms with Crippen molar-refractivity contribution in [2.24, 2.45) is 9.98 Å². The van der Waals surface area contributed by atoms with E-state index in [1.807, 2.05) is 68.2 Å². The van der Waals surface area contributed by atoms with Crippen LogP contribution in [0, 0.1) is 6.92 Å². The highest BCUT2D eigenvalue weighted by atomic mass is 16.5. The molecule has 4 aliphatic heterocycles. The Morgan fingerprint density at radius 2 is 1.20 bits per heavy atom.